The van der Waals surface area contributed by atoms with E-state index in [1.165, 1.54) is 29.5 Å². The van der Waals surface area contributed by atoms with Crippen LogP contribution in [-0.2, 0) is 0 Å². The minimum atomic E-state index is -0.344. The molecule has 0 aliphatic carbocycles. The Labute approximate surface area is 94.8 Å². The normalized spacial score (nSPS) is 10.2. The monoisotopic (exact) mass is 236 g/mol. The molecular weight excluding hydrogens is 228 g/mol. The van der Waals surface area contributed by atoms with Crippen LogP contribution in [0.3, 0.4) is 0 Å². The number of ketones is 1. The fourth-order valence-corrected chi connectivity index (χ4v) is 1.75. The van der Waals surface area contributed by atoms with E-state index >= 15 is 0 Å². The Morgan fingerprint density at radius 1 is 1.31 bits per heavy atom. The van der Waals surface area contributed by atoms with Crippen LogP contribution in [0.25, 0.3) is 0 Å². The molecular formula is C10H8N2O3S. The first-order valence-corrected chi connectivity index (χ1v) is 5.23. The van der Waals surface area contributed by atoms with Crippen molar-refractivity contribution in [3.63, 3.8) is 0 Å². The van der Waals surface area contributed by atoms with Gasteiger partial charge in [0.05, 0.1) is 0 Å². The van der Waals surface area contributed by atoms with E-state index in [-0.39, 0.29) is 28.5 Å². The minimum absolute atomic E-state index is 0.229. The number of aromatic nitrogens is 1. The zero-order chi connectivity index (χ0) is 11.7. The van der Waals surface area contributed by atoms with Gasteiger partial charge in [0.25, 0.3) is 0 Å². The molecule has 6 heteroatoms. The van der Waals surface area contributed by atoms with Crippen LogP contribution in [0.4, 0.5) is 5.13 Å². The van der Waals surface area contributed by atoms with E-state index in [4.69, 9.17) is 10.8 Å². The van der Waals surface area contributed by atoms with Crippen LogP contribution in [0.1, 0.15) is 16.1 Å². The van der Waals surface area contributed by atoms with Crippen LogP contribution < -0.4 is 5.73 Å². The summed E-state index contributed by atoms with van der Waals surface area (Å²) in [7, 11) is 0. The molecule has 4 N–H and O–H groups in total. The lowest BCUT2D eigenvalue weighted by molar-refractivity contribution is 0.103. The zero-order valence-corrected chi connectivity index (χ0v) is 8.86. The predicted molar refractivity (Wildman–Crippen MR) is 59.7 cm³/mol. The molecule has 1 heterocycles. The van der Waals surface area contributed by atoms with E-state index in [1.54, 1.807) is 5.38 Å². The molecule has 5 nitrogen and oxygen atoms in total. The van der Waals surface area contributed by atoms with Gasteiger partial charge in [0, 0.05) is 10.9 Å². The number of rotatable bonds is 2. The van der Waals surface area contributed by atoms with Gasteiger partial charge in [-0.2, -0.15) is 0 Å². The largest absolute Gasteiger partial charge is 0.504 e. The Hall–Kier alpha value is -2.08. The first-order valence-electron chi connectivity index (χ1n) is 4.35. The molecule has 1 aromatic carbocycles. The number of nitrogen functional groups attached to an aromatic ring is 1. The molecule has 1 aromatic heterocycles. The summed E-state index contributed by atoms with van der Waals surface area (Å²) in [6.45, 7) is 0. The maximum absolute atomic E-state index is 11.8. The van der Waals surface area contributed by atoms with Crippen molar-refractivity contribution in [1.29, 1.82) is 0 Å². The van der Waals surface area contributed by atoms with Crippen LogP contribution in [-0.4, -0.2) is 21.0 Å². The van der Waals surface area contributed by atoms with Crippen molar-refractivity contribution in [2.45, 2.75) is 0 Å². The highest BCUT2D eigenvalue weighted by atomic mass is 32.1. The number of nitrogens with two attached hydrogens (primary N) is 1. The fraction of sp³-hybridized carbons (Fsp3) is 0. The van der Waals surface area contributed by atoms with Crippen LogP contribution in [0.5, 0.6) is 11.5 Å². The first-order chi connectivity index (χ1) is 7.58. The molecule has 16 heavy (non-hydrogen) atoms. The van der Waals surface area contributed by atoms with Crippen molar-refractivity contribution in [2.24, 2.45) is 0 Å². The number of anilines is 1. The van der Waals surface area contributed by atoms with E-state index in [1.807, 2.05) is 0 Å². The van der Waals surface area contributed by atoms with E-state index in [2.05, 4.69) is 4.98 Å². The molecule has 2 aromatic rings. The van der Waals surface area contributed by atoms with Crippen molar-refractivity contribution in [3.05, 3.63) is 34.8 Å². The van der Waals surface area contributed by atoms with Crippen molar-refractivity contribution in [2.75, 3.05) is 5.73 Å². The highest BCUT2D eigenvalue weighted by Gasteiger charge is 2.14. The summed E-state index contributed by atoms with van der Waals surface area (Å²) in [5.41, 5.74) is 5.89. The quantitative estimate of drug-likeness (QED) is 0.540. The van der Waals surface area contributed by atoms with Gasteiger partial charge in [-0.05, 0) is 18.2 Å². The lowest BCUT2D eigenvalue weighted by atomic mass is 10.1. The summed E-state index contributed by atoms with van der Waals surface area (Å²) in [6, 6.07) is 3.85. The molecule has 0 bridgehead atoms. The van der Waals surface area contributed by atoms with Gasteiger partial charge in [-0.25, -0.2) is 4.98 Å². The summed E-state index contributed by atoms with van der Waals surface area (Å²) >= 11 is 1.17. The Bertz CT molecular complexity index is 551. The highest BCUT2D eigenvalue weighted by Crippen LogP contribution is 2.26. The molecule has 0 amide bonds. The molecule has 0 saturated heterocycles. The van der Waals surface area contributed by atoms with Gasteiger partial charge in [-0.1, -0.05) is 0 Å². The number of nitrogens with zero attached hydrogens (tertiary/aromatic N) is 1. The Morgan fingerprint density at radius 2 is 2.06 bits per heavy atom. The third-order valence-corrected chi connectivity index (χ3v) is 2.67. The molecule has 82 valence electrons. The number of carbonyl (C=O) groups is 1. The van der Waals surface area contributed by atoms with Gasteiger partial charge >= 0.3 is 0 Å². The Kier molecular flexibility index (Phi) is 2.49. The molecule has 0 aliphatic rings. The van der Waals surface area contributed by atoms with Gasteiger partial charge < -0.3 is 15.9 Å². The van der Waals surface area contributed by atoms with Crippen molar-refractivity contribution >= 4 is 22.3 Å². The average Bonchev–Trinajstić information content (AvgIpc) is 2.68. The summed E-state index contributed by atoms with van der Waals surface area (Å²) in [5, 5.41) is 20.2. The second-order valence-corrected chi connectivity index (χ2v) is 3.99. The van der Waals surface area contributed by atoms with Crippen LogP contribution >= 0.6 is 11.3 Å². The highest BCUT2D eigenvalue weighted by molar-refractivity contribution is 7.13. The molecule has 0 saturated carbocycles. The number of phenols is 2. The summed E-state index contributed by atoms with van der Waals surface area (Å²) in [6.07, 6.45) is 0. The second-order valence-electron chi connectivity index (χ2n) is 3.10. The molecule has 0 atom stereocenters. The molecule has 0 unspecified atom stereocenters. The molecule has 0 radical (unpaired) electrons. The smallest absolute Gasteiger partial charge is 0.212 e. The van der Waals surface area contributed by atoms with Gasteiger partial charge in [-0.3, -0.25) is 4.79 Å². The van der Waals surface area contributed by atoms with E-state index in [0.717, 1.165) is 0 Å². The van der Waals surface area contributed by atoms with Crippen LogP contribution in [0, 0.1) is 0 Å². The number of phenolic OH excluding ortho intramolecular Hbond substituents is 2. The van der Waals surface area contributed by atoms with E-state index < -0.39 is 0 Å². The molecule has 0 spiro atoms. The number of carbonyl (C=O) groups excluding carboxylic acids is 1. The van der Waals surface area contributed by atoms with E-state index in [9.17, 15) is 9.90 Å². The van der Waals surface area contributed by atoms with Gasteiger partial charge in [0.2, 0.25) is 5.78 Å². The number of thiazole rings is 1. The number of hydrogen-bond donors (Lipinski definition) is 3. The molecule has 2 rings (SSSR count). The first kappa shape index (κ1) is 10.4. The third-order valence-electron chi connectivity index (χ3n) is 1.99. The van der Waals surface area contributed by atoms with Crippen LogP contribution in [0.15, 0.2) is 23.6 Å². The Balaban J connectivity index is 2.38. The maximum Gasteiger partial charge on any atom is 0.212 e. The molecule has 0 aliphatic heterocycles. The lowest BCUT2D eigenvalue weighted by Crippen LogP contribution is -2.01. The second kappa shape index (κ2) is 3.82. The standard InChI is InChI=1S/C10H8N2O3S/c11-10-12-6(4-16-10)9(15)5-1-2-7(13)8(14)3-5/h1-4,13-14H,(H2,11,12). The predicted octanol–water partition coefficient (Wildman–Crippen LogP) is 1.37. The summed E-state index contributed by atoms with van der Waals surface area (Å²) in [4.78, 5) is 15.7. The van der Waals surface area contributed by atoms with Gasteiger partial charge in [0.1, 0.15) is 5.69 Å². The topological polar surface area (TPSA) is 96.4 Å². The average molecular weight is 236 g/mol. The summed E-state index contributed by atoms with van der Waals surface area (Å²) < 4.78 is 0. The zero-order valence-electron chi connectivity index (χ0n) is 8.04. The minimum Gasteiger partial charge on any atom is -0.504 e. The van der Waals surface area contributed by atoms with E-state index in [0.29, 0.717) is 5.13 Å². The number of aromatic hydroxyl groups is 2. The number of benzene rings is 1. The molecule has 0 fully saturated rings. The van der Waals surface area contributed by atoms with Crippen molar-refractivity contribution < 1.29 is 15.0 Å². The van der Waals surface area contributed by atoms with Crippen molar-refractivity contribution in [1.82, 2.24) is 4.98 Å². The fourth-order valence-electron chi connectivity index (χ4n) is 1.20. The maximum atomic E-state index is 11.8. The SMILES string of the molecule is Nc1nc(C(=O)c2ccc(O)c(O)c2)cs1. The Morgan fingerprint density at radius 3 is 2.62 bits per heavy atom. The van der Waals surface area contributed by atoms with Gasteiger partial charge in [0.15, 0.2) is 16.6 Å². The lowest BCUT2D eigenvalue weighted by Gasteiger charge is -2.00. The van der Waals surface area contributed by atoms with Gasteiger partial charge in [-0.15, -0.1) is 11.3 Å². The van der Waals surface area contributed by atoms with Crippen LogP contribution in [0.2, 0.25) is 0 Å². The summed E-state index contributed by atoms with van der Waals surface area (Å²) in [5.74, 6) is -0.952. The third kappa shape index (κ3) is 1.82. The van der Waals surface area contributed by atoms with Crippen molar-refractivity contribution in [3.8, 4) is 11.5 Å². The number of hydrogen-bond acceptors (Lipinski definition) is 6.